The largest absolute Gasteiger partial charge is 0.479 e. The molecule has 0 aliphatic carbocycles. The minimum Gasteiger partial charge on any atom is -0.479 e. The van der Waals surface area contributed by atoms with E-state index in [-0.39, 0.29) is 24.3 Å². The summed E-state index contributed by atoms with van der Waals surface area (Å²) in [6, 6.07) is 11.6. The van der Waals surface area contributed by atoms with Crippen molar-refractivity contribution in [3.63, 3.8) is 0 Å². The van der Waals surface area contributed by atoms with Crippen molar-refractivity contribution in [2.45, 2.75) is 6.54 Å². The number of aromatic hydroxyl groups is 1. The number of aromatic nitrogens is 4. The van der Waals surface area contributed by atoms with Crippen LogP contribution in [0.4, 0.5) is 22.0 Å². The topological polar surface area (TPSA) is 95.9 Å². The van der Waals surface area contributed by atoms with Gasteiger partial charge in [0, 0.05) is 17.8 Å². The fourth-order valence-electron chi connectivity index (χ4n) is 2.38. The van der Waals surface area contributed by atoms with Gasteiger partial charge in [0.1, 0.15) is 5.82 Å². The number of thiazole rings is 1. The van der Waals surface area contributed by atoms with Gasteiger partial charge in [-0.15, -0.1) is 11.3 Å². The van der Waals surface area contributed by atoms with E-state index in [0.717, 1.165) is 15.9 Å². The van der Waals surface area contributed by atoms with Crippen LogP contribution in [-0.4, -0.2) is 25.0 Å². The fourth-order valence-corrected chi connectivity index (χ4v) is 3.09. The Kier molecular flexibility index (Phi) is 4.28. The summed E-state index contributed by atoms with van der Waals surface area (Å²) in [6.07, 6.45) is 0. The van der Waals surface area contributed by atoms with E-state index in [9.17, 15) is 9.50 Å². The average Bonchev–Trinajstić information content (AvgIpc) is 3.08. The summed E-state index contributed by atoms with van der Waals surface area (Å²) in [5.41, 5.74) is 3.91. The summed E-state index contributed by atoms with van der Waals surface area (Å²) in [5, 5.41) is 15.6. The number of hydrogen-bond acceptors (Lipinski definition) is 8. The van der Waals surface area contributed by atoms with Crippen LogP contribution in [0.1, 0.15) is 5.56 Å². The molecule has 0 fully saturated rings. The zero-order chi connectivity index (χ0) is 17.9. The molecule has 0 bridgehead atoms. The molecule has 0 spiro atoms. The van der Waals surface area contributed by atoms with Crippen LogP contribution >= 0.6 is 11.3 Å². The molecule has 0 amide bonds. The standard InChI is InChI=1S/C17H13FN6OS/c18-12-4-2-1-3-10(12)8-19-15-22-16(24-17(25)23-15)21-11-5-6-13-14(7-11)26-9-20-13/h1-7,9H,8H2,(H3,19,21,22,23,24,25). The molecule has 0 radical (unpaired) electrons. The fraction of sp³-hybridized carbons (Fsp3) is 0.0588. The number of hydrogen-bond donors (Lipinski definition) is 3. The van der Waals surface area contributed by atoms with Crippen LogP contribution in [0.5, 0.6) is 6.01 Å². The average molecular weight is 368 g/mol. The van der Waals surface area contributed by atoms with Gasteiger partial charge in [0.2, 0.25) is 11.9 Å². The maximum Gasteiger partial charge on any atom is 0.320 e. The van der Waals surface area contributed by atoms with E-state index in [1.54, 1.807) is 23.7 Å². The van der Waals surface area contributed by atoms with E-state index >= 15 is 0 Å². The highest BCUT2D eigenvalue weighted by molar-refractivity contribution is 7.16. The summed E-state index contributed by atoms with van der Waals surface area (Å²) in [5.74, 6) is -0.00555. The maximum absolute atomic E-state index is 13.7. The third kappa shape index (κ3) is 3.52. The summed E-state index contributed by atoms with van der Waals surface area (Å²) < 4.78 is 14.7. The summed E-state index contributed by atoms with van der Waals surface area (Å²) in [6.45, 7) is 0.183. The van der Waals surface area contributed by atoms with Gasteiger partial charge in [0.25, 0.3) is 0 Å². The van der Waals surface area contributed by atoms with Gasteiger partial charge in [-0.1, -0.05) is 18.2 Å². The summed E-state index contributed by atoms with van der Waals surface area (Å²) >= 11 is 1.52. The Morgan fingerprint density at radius 3 is 2.77 bits per heavy atom. The van der Waals surface area contributed by atoms with Crippen molar-refractivity contribution < 1.29 is 9.50 Å². The number of rotatable bonds is 5. The van der Waals surface area contributed by atoms with Gasteiger partial charge in [-0.2, -0.15) is 15.0 Å². The molecule has 4 aromatic rings. The SMILES string of the molecule is Oc1nc(NCc2ccccc2F)nc(Nc2ccc3ncsc3c2)n1. The van der Waals surface area contributed by atoms with E-state index in [4.69, 9.17) is 0 Å². The molecule has 2 aromatic carbocycles. The van der Waals surface area contributed by atoms with Crippen molar-refractivity contribution in [1.29, 1.82) is 0 Å². The monoisotopic (exact) mass is 368 g/mol. The first-order valence-electron chi connectivity index (χ1n) is 7.70. The van der Waals surface area contributed by atoms with Crippen LogP contribution in [0.25, 0.3) is 10.2 Å². The molecule has 2 aromatic heterocycles. The molecule has 2 heterocycles. The first kappa shape index (κ1) is 16.2. The number of nitrogens with zero attached hydrogens (tertiary/aromatic N) is 4. The first-order chi connectivity index (χ1) is 12.7. The quantitative estimate of drug-likeness (QED) is 0.494. The molecule has 7 nitrogen and oxygen atoms in total. The third-order valence-electron chi connectivity index (χ3n) is 3.61. The number of fused-ring (bicyclic) bond motifs is 1. The lowest BCUT2D eigenvalue weighted by atomic mass is 10.2. The molecule has 0 aliphatic heterocycles. The molecular weight excluding hydrogens is 355 g/mol. The highest BCUT2D eigenvalue weighted by atomic mass is 32.1. The van der Waals surface area contributed by atoms with E-state index < -0.39 is 6.01 Å². The predicted octanol–water partition coefficient (Wildman–Crippen LogP) is 3.68. The highest BCUT2D eigenvalue weighted by Gasteiger charge is 2.08. The van der Waals surface area contributed by atoms with Gasteiger partial charge < -0.3 is 15.7 Å². The molecule has 3 N–H and O–H groups in total. The van der Waals surface area contributed by atoms with E-state index in [2.05, 4.69) is 30.6 Å². The molecule has 26 heavy (non-hydrogen) atoms. The minimum absolute atomic E-state index is 0.141. The zero-order valence-corrected chi connectivity index (χ0v) is 14.2. The van der Waals surface area contributed by atoms with Crippen molar-refractivity contribution in [1.82, 2.24) is 19.9 Å². The molecular formula is C17H13FN6OS. The second-order valence-electron chi connectivity index (χ2n) is 5.39. The molecule has 9 heteroatoms. The highest BCUT2D eigenvalue weighted by Crippen LogP contribution is 2.24. The summed E-state index contributed by atoms with van der Waals surface area (Å²) in [7, 11) is 0. The van der Waals surface area contributed by atoms with Crippen LogP contribution in [0.15, 0.2) is 48.0 Å². The molecule has 0 aliphatic rings. The Morgan fingerprint density at radius 1 is 1.04 bits per heavy atom. The van der Waals surface area contributed by atoms with Crippen molar-refractivity contribution in [3.8, 4) is 6.01 Å². The number of halogens is 1. The maximum atomic E-state index is 13.7. The Balaban J connectivity index is 1.53. The molecule has 0 saturated carbocycles. The Hall–Kier alpha value is -3.33. The van der Waals surface area contributed by atoms with Crippen LogP contribution in [0.3, 0.4) is 0 Å². The van der Waals surface area contributed by atoms with Gasteiger partial charge in [0.15, 0.2) is 0 Å². The van der Waals surface area contributed by atoms with Gasteiger partial charge in [-0.25, -0.2) is 9.37 Å². The second-order valence-corrected chi connectivity index (χ2v) is 6.27. The van der Waals surface area contributed by atoms with Gasteiger partial charge in [-0.05, 0) is 24.3 Å². The Labute approximate surface area is 151 Å². The van der Waals surface area contributed by atoms with Crippen molar-refractivity contribution in [2.75, 3.05) is 10.6 Å². The van der Waals surface area contributed by atoms with Gasteiger partial charge in [-0.3, -0.25) is 0 Å². The molecule has 0 unspecified atom stereocenters. The number of nitrogens with one attached hydrogen (secondary N) is 2. The molecule has 0 atom stereocenters. The first-order valence-corrected chi connectivity index (χ1v) is 8.58. The van der Waals surface area contributed by atoms with E-state index in [1.165, 1.54) is 17.4 Å². The zero-order valence-electron chi connectivity index (χ0n) is 13.3. The lowest BCUT2D eigenvalue weighted by Gasteiger charge is -2.09. The lowest BCUT2D eigenvalue weighted by Crippen LogP contribution is -2.07. The van der Waals surface area contributed by atoms with Gasteiger partial charge in [0.05, 0.1) is 15.7 Å². The molecule has 130 valence electrons. The van der Waals surface area contributed by atoms with Crippen LogP contribution in [-0.2, 0) is 6.54 Å². The molecule has 0 saturated heterocycles. The predicted molar refractivity (Wildman–Crippen MR) is 98.1 cm³/mol. The van der Waals surface area contributed by atoms with Crippen molar-refractivity contribution in [3.05, 3.63) is 59.4 Å². The third-order valence-corrected chi connectivity index (χ3v) is 4.40. The Morgan fingerprint density at radius 2 is 1.88 bits per heavy atom. The Bertz CT molecular complexity index is 1070. The van der Waals surface area contributed by atoms with Crippen LogP contribution in [0.2, 0.25) is 0 Å². The van der Waals surface area contributed by atoms with E-state index in [1.807, 2.05) is 18.2 Å². The number of benzene rings is 2. The van der Waals surface area contributed by atoms with Gasteiger partial charge >= 0.3 is 6.01 Å². The minimum atomic E-state index is -0.433. The second kappa shape index (κ2) is 6.89. The smallest absolute Gasteiger partial charge is 0.320 e. The van der Waals surface area contributed by atoms with Crippen molar-refractivity contribution >= 4 is 39.1 Å². The van der Waals surface area contributed by atoms with Crippen LogP contribution in [0, 0.1) is 5.82 Å². The van der Waals surface area contributed by atoms with Crippen molar-refractivity contribution in [2.24, 2.45) is 0 Å². The number of anilines is 3. The normalized spacial score (nSPS) is 10.8. The molecule has 4 rings (SSSR count). The summed E-state index contributed by atoms with van der Waals surface area (Å²) in [4.78, 5) is 16.1. The van der Waals surface area contributed by atoms with Crippen LogP contribution < -0.4 is 10.6 Å². The lowest BCUT2D eigenvalue weighted by molar-refractivity contribution is 0.430. The van der Waals surface area contributed by atoms with E-state index in [0.29, 0.717) is 5.56 Å².